The van der Waals surface area contributed by atoms with Gasteiger partial charge in [-0.3, -0.25) is 4.79 Å². The van der Waals surface area contributed by atoms with Crippen LogP contribution in [0.4, 0.5) is 13.2 Å². The molecule has 3 nitrogen and oxygen atoms in total. The molecule has 0 saturated heterocycles. The third-order valence-corrected chi connectivity index (χ3v) is 4.57. The van der Waals surface area contributed by atoms with E-state index in [-0.39, 0.29) is 16.1 Å². The second-order valence-electron chi connectivity index (χ2n) is 6.23. The first-order valence-corrected chi connectivity index (χ1v) is 8.22. The largest absolute Gasteiger partial charge is 0.417 e. The third kappa shape index (κ3) is 3.95. The highest BCUT2D eigenvalue weighted by molar-refractivity contribution is 6.30. The van der Waals surface area contributed by atoms with E-state index in [9.17, 15) is 22.8 Å². The Morgan fingerprint density at radius 2 is 1.96 bits per heavy atom. The van der Waals surface area contributed by atoms with Gasteiger partial charge in [0.25, 0.3) is 5.56 Å². The Labute approximate surface area is 147 Å². The monoisotopic (exact) mass is 369 g/mol. The van der Waals surface area contributed by atoms with Gasteiger partial charge in [-0.1, -0.05) is 24.4 Å². The van der Waals surface area contributed by atoms with Crippen LogP contribution < -0.4 is 5.56 Å². The summed E-state index contributed by atoms with van der Waals surface area (Å²) in [5.41, 5.74) is -1.41. The molecule has 1 heterocycles. The predicted octanol–water partition coefficient (Wildman–Crippen LogP) is 4.73. The molecule has 1 aliphatic rings. The molecular weight excluding hydrogens is 355 g/mol. The van der Waals surface area contributed by atoms with Crippen LogP contribution in [0.1, 0.15) is 30.9 Å². The van der Waals surface area contributed by atoms with Crippen LogP contribution in [0.5, 0.6) is 0 Å². The van der Waals surface area contributed by atoms with Gasteiger partial charge in [-0.05, 0) is 47.7 Å². The van der Waals surface area contributed by atoms with Gasteiger partial charge in [0.1, 0.15) is 6.29 Å². The molecule has 1 aromatic carbocycles. The molecule has 0 radical (unpaired) electrons. The minimum atomic E-state index is -4.56. The Morgan fingerprint density at radius 1 is 1.24 bits per heavy atom. The number of halogens is 4. The van der Waals surface area contributed by atoms with Crippen molar-refractivity contribution in [3.8, 4) is 11.1 Å². The van der Waals surface area contributed by atoms with Crippen molar-refractivity contribution in [1.29, 1.82) is 0 Å². The number of hydrogen-bond donors (Lipinski definition) is 0. The van der Waals surface area contributed by atoms with Crippen molar-refractivity contribution in [2.24, 2.45) is 5.92 Å². The number of alkyl halides is 3. The molecule has 0 bridgehead atoms. The number of hydrogen-bond acceptors (Lipinski definition) is 2. The van der Waals surface area contributed by atoms with Crippen molar-refractivity contribution in [3.05, 3.63) is 57.5 Å². The lowest BCUT2D eigenvalue weighted by molar-refractivity contribution is -0.137. The van der Waals surface area contributed by atoms with Crippen LogP contribution in [0.2, 0.25) is 5.02 Å². The number of benzene rings is 1. The summed E-state index contributed by atoms with van der Waals surface area (Å²) < 4.78 is 40.9. The van der Waals surface area contributed by atoms with E-state index in [0.717, 1.165) is 31.0 Å². The van der Waals surface area contributed by atoms with E-state index in [1.54, 1.807) is 0 Å². The van der Waals surface area contributed by atoms with Crippen molar-refractivity contribution < 1.29 is 18.0 Å². The molecule has 0 spiro atoms. The molecular formula is C18H15ClF3NO2. The normalized spacial score (nSPS) is 15.8. The third-order valence-electron chi connectivity index (χ3n) is 4.33. The first-order valence-electron chi connectivity index (χ1n) is 7.84. The van der Waals surface area contributed by atoms with E-state index in [0.29, 0.717) is 18.6 Å². The molecule has 0 aliphatic heterocycles. The molecule has 7 heteroatoms. The van der Waals surface area contributed by atoms with Gasteiger partial charge in [0.15, 0.2) is 0 Å². The van der Waals surface area contributed by atoms with Crippen molar-refractivity contribution >= 4 is 17.9 Å². The average molecular weight is 370 g/mol. The Morgan fingerprint density at radius 3 is 2.52 bits per heavy atom. The van der Waals surface area contributed by atoms with E-state index < -0.39 is 23.3 Å². The Bertz CT molecular complexity index is 856. The SMILES string of the molecule is O=CC(CC1CC1)n1ccc(-c2cc(Cl)ccc2C(F)(F)F)cc1=O. The van der Waals surface area contributed by atoms with Crippen LogP contribution in [0.3, 0.4) is 0 Å². The fourth-order valence-corrected chi connectivity index (χ4v) is 3.04. The van der Waals surface area contributed by atoms with E-state index in [1.807, 2.05) is 0 Å². The smallest absolute Gasteiger partial charge is 0.305 e. The van der Waals surface area contributed by atoms with Gasteiger partial charge >= 0.3 is 6.18 Å². The topological polar surface area (TPSA) is 39.1 Å². The van der Waals surface area contributed by atoms with Gasteiger partial charge in [-0.15, -0.1) is 0 Å². The van der Waals surface area contributed by atoms with E-state index in [2.05, 4.69) is 0 Å². The molecule has 3 rings (SSSR count). The summed E-state index contributed by atoms with van der Waals surface area (Å²) in [4.78, 5) is 23.6. The van der Waals surface area contributed by atoms with Crippen LogP contribution in [-0.2, 0) is 11.0 Å². The van der Waals surface area contributed by atoms with Crippen LogP contribution in [-0.4, -0.2) is 10.9 Å². The summed E-state index contributed by atoms with van der Waals surface area (Å²) in [6, 6.07) is 5.17. The molecule has 0 amide bonds. The highest BCUT2D eigenvalue weighted by atomic mass is 35.5. The highest BCUT2D eigenvalue weighted by Gasteiger charge is 2.34. The van der Waals surface area contributed by atoms with E-state index >= 15 is 0 Å². The van der Waals surface area contributed by atoms with Crippen LogP contribution >= 0.6 is 11.6 Å². The number of aldehydes is 1. The summed E-state index contributed by atoms with van der Waals surface area (Å²) in [5.74, 6) is 0.437. The van der Waals surface area contributed by atoms with Crippen molar-refractivity contribution in [2.45, 2.75) is 31.5 Å². The molecule has 1 fully saturated rings. The van der Waals surface area contributed by atoms with Gasteiger partial charge in [0.05, 0.1) is 11.6 Å². The molecule has 1 aromatic heterocycles. The van der Waals surface area contributed by atoms with Gasteiger partial charge in [-0.2, -0.15) is 13.2 Å². The number of aromatic nitrogens is 1. The molecule has 0 N–H and O–H groups in total. The van der Waals surface area contributed by atoms with Crippen LogP contribution in [0, 0.1) is 5.92 Å². The average Bonchev–Trinajstić information content (AvgIpc) is 3.35. The Balaban J connectivity index is 2.02. The summed E-state index contributed by atoms with van der Waals surface area (Å²) in [6.45, 7) is 0. The minimum Gasteiger partial charge on any atom is -0.305 e. The molecule has 132 valence electrons. The number of pyridine rings is 1. The molecule has 2 aromatic rings. The maximum absolute atomic E-state index is 13.2. The van der Waals surface area contributed by atoms with Crippen LogP contribution in [0.25, 0.3) is 11.1 Å². The zero-order chi connectivity index (χ0) is 18.2. The Hall–Kier alpha value is -2.08. The lowest BCUT2D eigenvalue weighted by Gasteiger charge is -2.16. The molecule has 1 atom stereocenters. The number of carbonyl (C=O) groups excluding carboxylic acids is 1. The highest BCUT2D eigenvalue weighted by Crippen LogP contribution is 2.38. The zero-order valence-corrected chi connectivity index (χ0v) is 13.8. The molecule has 25 heavy (non-hydrogen) atoms. The lowest BCUT2D eigenvalue weighted by atomic mass is 10.00. The minimum absolute atomic E-state index is 0.118. The second kappa shape index (κ2) is 6.67. The molecule has 1 saturated carbocycles. The van der Waals surface area contributed by atoms with Crippen molar-refractivity contribution in [1.82, 2.24) is 4.57 Å². The number of carbonyl (C=O) groups is 1. The van der Waals surface area contributed by atoms with E-state index in [4.69, 9.17) is 11.6 Å². The standard InChI is InChI=1S/C18H15ClF3NO2/c19-13-3-4-16(18(20,21)22)15(9-13)12-5-6-23(17(25)8-12)14(10-24)7-11-1-2-11/h3-6,8-11,14H,1-2,7H2. The van der Waals surface area contributed by atoms with E-state index in [1.165, 1.54) is 22.9 Å². The summed E-state index contributed by atoms with van der Waals surface area (Å²) in [7, 11) is 0. The second-order valence-corrected chi connectivity index (χ2v) is 6.67. The maximum atomic E-state index is 13.2. The van der Waals surface area contributed by atoms with Crippen LogP contribution in [0.15, 0.2) is 41.3 Å². The van der Waals surface area contributed by atoms with Gasteiger partial charge < -0.3 is 9.36 Å². The number of rotatable bonds is 5. The quantitative estimate of drug-likeness (QED) is 0.715. The van der Waals surface area contributed by atoms with Gasteiger partial charge in [0, 0.05) is 17.3 Å². The fraction of sp³-hybridized carbons (Fsp3) is 0.333. The predicted molar refractivity (Wildman–Crippen MR) is 88.6 cm³/mol. The summed E-state index contributed by atoms with van der Waals surface area (Å²) in [5, 5.41) is 0.145. The maximum Gasteiger partial charge on any atom is 0.417 e. The molecule has 1 aliphatic carbocycles. The van der Waals surface area contributed by atoms with Gasteiger partial charge in [-0.25, -0.2) is 0 Å². The van der Waals surface area contributed by atoms with Gasteiger partial charge in [0.2, 0.25) is 0 Å². The van der Waals surface area contributed by atoms with Crippen molar-refractivity contribution in [2.75, 3.05) is 0 Å². The fourth-order valence-electron chi connectivity index (χ4n) is 2.86. The summed E-state index contributed by atoms with van der Waals surface area (Å²) >= 11 is 5.83. The first-order chi connectivity index (χ1) is 11.8. The molecule has 1 unspecified atom stereocenters. The lowest BCUT2D eigenvalue weighted by Crippen LogP contribution is -2.25. The Kier molecular flexibility index (Phi) is 4.73. The zero-order valence-electron chi connectivity index (χ0n) is 13.1. The number of nitrogens with zero attached hydrogens (tertiary/aromatic N) is 1. The first kappa shape index (κ1) is 17.7. The van der Waals surface area contributed by atoms with Crippen molar-refractivity contribution in [3.63, 3.8) is 0 Å². The summed E-state index contributed by atoms with van der Waals surface area (Å²) in [6.07, 6.45) is 0.170.